The Labute approximate surface area is 182 Å². The van der Waals surface area contributed by atoms with Gasteiger partial charge in [-0.1, -0.05) is 78.1 Å². The summed E-state index contributed by atoms with van der Waals surface area (Å²) < 4.78 is 19.7. The van der Waals surface area contributed by atoms with Crippen molar-refractivity contribution in [3.8, 4) is 17.0 Å². The smallest absolute Gasteiger partial charge is 0.165 e. The molecule has 0 saturated carbocycles. The van der Waals surface area contributed by atoms with E-state index in [1.165, 1.54) is 63.9 Å². The fourth-order valence-electron chi connectivity index (χ4n) is 3.53. The molecule has 3 nitrogen and oxygen atoms in total. The Balaban J connectivity index is 1.68. The average molecular weight is 415 g/mol. The molecule has 0 atom stereocenters. The zero-order valence-electron chi connectivity index (χ0n) is 19.0. The lowest BCUT2D eigenvalue weighted by Crippen LogP contribution is -1.99. The average Bonchev–Trinajstić information content (AvgIpc) is 2.77. The van der Waals surface area contributed by atoms with Crippen LogP contribution >= 0.6 is 0 Å². The van der Waals surface area contributed by atoms with E-state index in [0.29, 0.717) is 18.1 Å². The molecule has 4 heteroatoms. The van der Waals surface area contributed by atoms with Gasteiger partial charge in [-0.3, -0.25) is 9.97 Å². The van der Waals surface area contributed by atoms with Crippen LogP contribution in [0, 0.1) is 5.82 Å². The predicted octanol–water partition coefficient (Wildman–Crippen LogP) is 7.93. The third-order valence-corrected chi connectivity index (χ3v) is 5.47. The molecule has 0 aliphatic rings. The molecule has 0 radical (unpaired) electrons. The number of rotatable bonds is 16. The van der Waals surface area contributed by atoms with E-state index in [-0.39, 0.29) is 5.82 Å². The Morgan fingerprint density at radius 2 is 1.43 bits per heavy atom. The van der Waals surface area contributed by atoms with Crippen molar-refractivity contribution in [3.63, 3.8) is 0 Å². The molecule has 0 N–H and O–H groups in total. The number of hydrogen-bond acceptors (Lipinski definition) is 3. The lowest BCUT2D eigenvalue weighted by Gasteiger charge is -2.08. The monoisotopic (exact) mass is 414 g/mol. The second-order valence-electron chi connectivity index (χ2n) is 8.17. The van der Waals surface area contributed by atoms with E-state index in [2.05, 4.69) is 23.8 Å². The van der Waals surface area contributed by atoms with Gasteiger partial charge in [-0.15, -0.1) is 0 Å². The molecule has 1 aromatic carbocycles. The molecule has 2 aromatic rings. The van der Waals surface area contributed by atoms with Crippen LogP contribution in [-0.4, -0.2) is 16.6 Å². The fraction of sp³-hybridized carbons (Fsp3) is 0.615. The maximum atomic E-state index is 14.2. The summed E-state index contributed by atoms with van der Waals surface area (Å²) in [6.07, 6.45) is 19.8. The van der Waals surface area contributed by atoms with Gasteiger partial charge in [0, 0.05) is 11.8 Å². The molecule has 1 heterocycles. The van der Waals surface area contributed by atoms with E-state index in [1.807, 2.05) is 12.3 Å². The second kappa shape index (κ2) is 14.9. The minimum Gasteiger partial charge on any atom is -0.491 e. The van der Waals surface area contributed by atoms with E-state index in [1.54, 1.807) is 12.3 Å². The molecular formula is C26H39FN2O. The first kappa shape index (κ1) is 24.3. The number of unbranched alkanes of at least 4 members (excludes halogenated alkanes) is 10. The molecule has 0 aliphatic carbocycles. The topological polar surface area (TPSA) is 35.0 Å². The highest BCUT2D eigenvalue weighted by atomic mass is 19.1. The molecule has 0 bridgehead atoms. The van der Waals surface area contributed by atoms with Crippen molar-refractivity contribution in [2.24, 2.45) is 0 Å². The van der Waals surface area contributed by atoms with Crippen molar-refractivity contribution in [1.82, 2.24) is 9.97 Å². The SMILES string of the molecule is CCCCCCCCCCCCc1cnc(-c2ccc(OCCCC)c(F)c2)cn1. The van der Waals surface area contributed by atoms with Crippen LogP contribution in [0.1, 0.15) is 96.6 Å². The number of aryl methyl sites for hydroxylation is 1. The standard InChI is InChI=1S/C26H39FN2O/c1-3-5-7-8-9-10-11-12-13-14-15-23-20-29-25(21-28-23)22-16-17-26(24(27)19-22)30-18-6-4-2/h16-17,19-21H,3-15,18H2,1-2H3. The summed E-state index contributed by atoms with van der Waals surface area (Å²) in [6.45, 7) is 4.89. The number of ether oxygens (including phenoxy) is 1. The van der Waals surface area contributed by atoms with Crippen LogP contribution in [-0.2, 0) is 6.42 Å². The molecule has 30 heavy (non-hydrogen) atoms. The molecular weight excluding hydrogens is 375 g/mol. The largest absolute Gasteiger partial charge is 0.491 e. The van der Waals surface area contributed by atoms with E-state index in [4.69, 9.17) is 4.74 Å². The van der Waals surface area contributed by atoms with Crippen molar-refractivity contribution in [2.75, 3.05) is 6.61 Å². The van der Waals surface area contributed by atoms with E-state index >= 15 is 0 Å². The summed E-state index contributed by atoms with van der Waals surface area (Å²) in [5, 5.41) is 0. The predicted molar refractivity (Wildman–Crippen MR) is 123 cm³/mol. The molecule has 1 aromatic heterocycles. The van der Waals surface area contributed by atoms with Gasteiger partial charge in [0.05, 0.1) is 24.2 Å². The van der Waals surface area contributed by atoms with Gasteiger partial charge in [0.2, 0.25) is 0 Å². The lowest BCUT2D eigenvalue weighted by molar-refractivity contribution is 0.294. The molecule has 2 rings (SSSR count). The molecule has 0 aliphatic heterocycles. The fourth-order valence-corrected chi connectivity index (χ4v) is 3.53. The van der Waals surface area contributed by atoms with Crippen molar-refractivity contribution < 1.29 is 9.13 Å². The highest BCUT2D eigenvalue weighted by molar-refractivity contribution is 5.59. The Hall–Kier alpha value is -1.97. The summed E-state index contributed by atoms with van der Waals surface area (Å²) >= 11 is 0. The zero-order chi connectivity index (χ0) is 21.4. The van der Waals surface area contributed by atoms with Crippen LogP contribution in [0.2, 0.25) is 0 Å². The molecule has 0 fully saturated rings. The maximum absolute atomic E-state index is 14.2. The molecule has 0 saturated heterocycles. The normalized spacial score (nSPS) is 11.0. The zero-order valence-corrected chi connectivity index (χ0v) is 19.0. The first-order chi connectivity index (χ1) is 14.7. The Kier molecular flexibility index (Phi) is 12.1. The number of nitrogens with zero attached hydrogens (tertiary/aromatic N) is 2. The summed E-state index contributed by atoms with van der Waals surface area (Å²) in [5.41, 5.74) is 2.44. The van der Waals surface area contributed by atoms with Crippen molar-refractivity contribution >= 4 is 0 Å². The van der Waals surface area contributed by atoms with Gasteiger partial charge in [-0.05, 0) is 37.5 Å². The number of benzene rings is 1. The third kappa shape index (κ3) is 9.23. The van der Waals surface area contributed by atoms with Crippen LogP contribution in [0.15, 0.2) is 30.6 Å². The van der Waals surface area contributed by atoms with Gasteiger partial charge in [0.25, 0.3) is 0 Å². The molecule has 0 amide bonds. The van der Waals surface area contributed by atoms with Crippen LogP contribution in [0.3, 0.4) is 0 Å². The van der Waals surface area contributed by atoms with Gasteiger partial charge >= 0.3 is 0 Å². The van der Waals surface area contributed by atoms with Crippen LogP contribution in [0.4, 0.5) is 4.39 Å². The minimum atomic E-state index is -0.347. The summed E-state index contributed by atoms with van der Waals surface area (Å²) in [4.78, 5) is 9.02. The van der Waals surface area contributed by atoms with Crippen molar-refractivity contribution in [2.45, 2.75) is 97.3 Å². The third-order valence-electron chi connectivity index (χ3n) is 5.47. The lowest BCUT2D eigenvalue weighted by atomic mass is 10.1. The van der Waals surface area contributed by atoms with E-state index in [0.717, 1.165) is 36.9 Å². The summed E-state index contributed by atoms with van der Waals surface area (Å²) in [6, 6.07) is 5.00. The summed E-state index contributed by atoms with van der Waals surface area (Å²) in [7, 11) is 0. The highest BCUT2D eigenvalue weighted by Crippen LogP contribution is 2.24. The number of aromatic nitrogens is 2. The van der Waals surface area contributed by atoms with Gasteiger partial charge in [-0.25, -0.2) is 4.39 Å². The molecule has 0 unspecified atom stereocenters. The molecule has 0 spiro atoms. The highest BCUT2D eigenvalue weighted by Gasteiger charge is 2.08. The van der Waals surface area contributed by atoms with Crippen LogP contribution in [0.5, 0.6) is 5.75 Å². The maximum Gasteiger partial charge on any atom is 0.165 e. The van der Waals surface area contributed by atoms with Gasteiger partial charge < -0.3 is 4.74 Å². The van der Waals surface area contributed by atoms with Gasteiger partial charge in [0.15, 0.2) is 11.6 Å². The first-order valence-corrected chi connectivity index (χ1v) is 12.0. The van der Waals surface area contributed by atoms with Crippen LogP contribution in [0.25, 0.3) is 11.3 Å². The Morgan fingerprint density at radius 3 is 2.03 bits per heavy atom. The number of hydrogen-bond donors (Lipinski definition) is 0. The Morgan fingerprint density at radius 1 is 0.767 bits per heavy atom. The second-order valence-corrected chi connectivity index (χ2v) is 8.17. The van der Waals surface area contributed by atoms with Crippen molar-refractivity contribution in [1.29, 1.82) is 0 Å². The van der Waals surface area contributed by atoms with Gasteiger partial charge in [0.1, 0.15) is 0 Å². The van der Waals surface area contributed by atoms with E-state index < -0.39 is 0 Å². The Bertz CT molecular complexity index is 703. The first-order valence-electron chi connectivity index (χ1n) is 12.0. The van der Waals surface area contributed by atoms with Crippen LogP contribution < -0.4 is 4.74 Å². The molecule has 166 valence electrons. The minimum absolute atomic E-state index is 0.303. The van der Waals surface area contributed by atoms with Gasteiger partial charge in [-0.2, -0.15) is 0 Å². The van der Waals surface area contributed by atoms with Crippen molar-refractivity contribution in [3.05, 3.63) is 42.1 Å². The van der Waals surface area contributed by atoms with E-state index in [9.17, 15) is 4.39 Å². The number of halogens is 1. The summed E-state index contributed by atoms with van der Waals surface area (Å²) in [5.74, 6) is -0.0439. The quantitative estimate of drug-likeness (QED) is 0.262.